The predicted molar refractivity (Wildman–Crippen MR) is 114 cm³/mol. The Hall–Kier alpha value is -2.64. The van der Waals surface area contributed by atoms with Crippen LogP contribution in [0.1, 0.15) is 11.4 Å². The number of aromatic amines is 1. The number of hydrogen-bond acceptors (Lipinski definition) is 5. The molecule has 4 rings (SSSR count). The lowest BCUT2D eigenvalue weighted by molar-refractivity contribution is 0.414. The molecule has 0 spiro atoms. The van der Waals surface area contributed by atoms with Crippen molar-refractivity contribution >= 4 is 33.3 Å². The standard InChI is InChI=1S/C21H17FN2O2S2/c1-26-16-4-2-3-13(9-16)10-27-12-18-23-20(25)19-17(11-28-21(19)24-18)14-5-7-15(22)8-6-14/h2-9,11H,10,12H2,1H3,(H,23,24,25). The molecule has 0 radical (unpaired) electrons. The van der Waals surface area contributed by atoms with Crippen molar-refractivity contribution in [3.8, 4) is 16.9 Å². The van der Waals surface area contributed by atoms with Crippen LogP contribution in [0.4, 0.5) is 4.39 Å². The summed E-state index contributed by atoms with van der Waals surface area (Å²) in [6, 6.07) is 14.1. The van der Waals surface area contributed by atoms with Crippen LogP contribution in [0.3, 0.4) is 0 Å². The van der Waals surface area contributed by atoms with Crippen molar-refractivity contribution in [1.82, 2.24) is 9.97 Å². The van der Waals surface area contributed by atoms with Crippen molar-refractivity contribution in [1.29, 1.82) is 0 Å². The van der Waals surface area contributed by atoms with E-state index in [2.05, 4.69) is 9.97 Å². The number of ether oxygens (including phenoxy) is 1. The number of aromatic nitrogens is 2. The number of fused-ring (bicyclic) bond motifs is 1. The van der Waals surface area contributed by atoms with Gasteiger partial charge in [0.25, 0.3) is 5.56 Å². The lowest BCUT2D eigenvalue weighted by atomic mass is 10.1. The quantitative estimate of drug-likeness (QED) is 0.471. The molecule has 0 atom stereocenters. The van der Waals surface area contributed by atoms with Gasteiger partial charge in [0, 0.05) is 16.7 Å². The Morgan fingerprint density at radius 2 is 2.00 bits per heavy atom. The maximum Gasteiger partial charge on any atom is 0.260 e. The SMILES string of the molecule is COc1cccc(CSCc2nc3scc(-c4ccc(F)cc4)c3c(=O)[nH]2)c1. The van der Waals surface area contributed by atoms with Gasteiger partial charge in [0.05, 0.1) is 18.2 Å². The summed E-state index contributed by atoms with van der Waals surface area (Å²) in [7, 11) is 1.65. The third-order valence-corrected chi connectivity index (χ3v) is 6.18. The number of hydrogen-bond donors (Lipinski definition) is 1. The van der Waals surface area contributed by atoms with Gasteiger partial charge >= 0.3 is 0 Å². The number of nitrogens with zero attached hydrogens (tertiary/aromatic N) is 1. The van der Waals surface area contributed by atoms with Crippen LogP contribution in [0.2, 0.25) is 0 Å². The van der Waals surface area contributed by atoms with Gasteiger partial charge in [-0.2, -0.15) is 0 Å². The smallest absolute Gasteiger partial charge is 0.260 e. The summed E-state index contributed by atoms with van der Waals surface area (Å²) in [4.78, 5) is 20.8. The zero-order valence-corrected chi connectivity index (χ0v) is 16.7. The Bertz CT molecular complexity index is 1170. The van der Waals surface area contributed by atoms with Crippen LogP contribution in [0.15, 0.2) is 58.7 Å². The number of halogens is 1. The Morgan fingerprint density at radius 1 is 1.18 bits per heavy atom. The summed E-state index contributed by atoms with van der Waals surface area (Å²) in [6.07, 6.45) is 0. The summed E-state index contributed by atoms with van der Waals surface area (Å²) < 4.78 is 18.4. The van der Waals surface area contributed by atoms with Gasteiger partial charge < -0.3 is 9.72 Å². The summed E-state index contributed by atoms with van der Waals surface area (Å²) in [6.45, 7) is 0. The molecule has 2 aromatic heterocycles. The van der Waals surface area contributed by atoms with Crippen molar-refractivity contribution in [2.24, 2.45) is 0 Å². The Labute approximate surface area is 169 Å². The van der Waals surface area contributed by atoms with Gasteiger partial charge in [0.15, 0.2) is 0 Å². The Kier molecular flexibility index (Phi) is 5.45. The van der Waals surface area contributed by atoms with Crippen LogP contribution in [0.5, 0.6) is 5.75 Å². The molecule has 0 saturated carbocycles. The second kappa shape index (κ2) is 8.16. The van der Waals surface area contributed by atoms with E-state index in [1.807, 2.05) is 29.6 Å². The highest BCUT2D eigenvalue weighted by Gasteiger charge is 2.13. The molecule has 28 heavy (non-hydrogen) atoms. The van der Waals surface area contributed by atoms with Crippen molar-refractivity contribution < 1.29 is 9.13 Å². The fraction of sp³-hybridized carbons (Fsp3) is 0.143. The van der Waals surface area contributed by atoms with Crippen LogP contribution in [0, 0.1) is 5.82 Å². The maximum absolute atomic E-state index is 13.2. The van der Waals surface area contributed by atoms with Gasteiger partial charge in [-0.25, -0.2) is 9.37 Å². The second-order valence-corrected chi connectivity index (χ2v) is 8.04. The number of methoxy groups -OCH3 is 1. The molecule has 0 aliphatic rings. The highest BCUT2D eigenvalue weighted by atomic mass is 32.2. The number of H-pyrrole nitrogens is 1. The molecule has 0 saturated heterocycles. The van der Waals surface area contributed by atoms with Gasteiger partial charge in [-0.1, -0.05) is 24.3 Å². The first kappa shape index (κ1) is 18.7. The van der Waals surface area contributed by atoms with Crippen LogP contribution >= 0.6 is 23.1 Å². The Morgan fingerprint density at radius 3 is 2.79 bits per heavy atom. The van der Waals surface area contributed by atoms with E-state index in [1.165, 1.54) is 23.5 Å². The van der Waals surface area contributed by atoms with E-state index in [9.17, 15) is 9.18 Å². The number of rotatable bonds is 6. The lowest BCUT2D eigenvalue weighted by Gasteiger charge is -2.05. The van der Waals surface area contributed by atoms with Gasteiger partial charge in [-0.3, -0.25) is 4.79 Å². The van der Waals surface area contributed by atoms with Gasteiger partial charge in [0.2, 0.25) is 0 Å². The molecule has 0 bridgehead atoms. The minimum absolute atomic E-state index is 0.164. The number of thiophene rings is 1. The summed E-state index contributed by atoms with van der Waals surface area (Å²) in [5, 5.41) is 2.45. The molecule has 0 aliphatic carbocycles. The van der Waals surface area contributed by atoms with Gasteiger partial charge in [0.1, 0.15) is 22.2 Å². The first-order valence-corrected chi connectivity index (χ1v) is 10.6. The monoisotopic (exact) mass is 412 g/mol. The highest BCUT2D eigenvalue weighted by molar-refractivity contribution is 7.97. The van der Waals surface area contributed by atoms with Crippen LogP contribution < -0.4 is 10.3 Å². The zero-order chi connectivity index (χ0) is 19.5. The molecule has 7 heteroatoms. The minimum atomic E-state index is -0.300. The van der Waals surface area contributed by atoms with Gasteiger partial charge in [-0.15, -0.1) is 23.1 Å². The first-order chi connectivity index (χ1) is 13.6. The van der Waals surface area contributed by atoms with E-state index >= 15 is 0 Å². The molecule has 4 nitrogen and oxygen atoms in total. The number of nitrogens with one attached hydrogen (secondary N) is 1. The minimum Gasteiger partial charge on any atom is -0.497 e. The average Bonchev–Trinajstić information content (AvgIpc) is 3.13. The van der Waals surface area contributed by atoms with E-state index in [-0.39, 0.29) is 11.4 Å². The average molecular weight is 413 g/mol. The lowest BCUT2D eigenvalue weighted by Crippen LogP contribution is -2.10. The molecular weight excluding hydrogens is 395 g/mol. The van der Waals surface area contributed by atoms with Gasteiger partial charge in [-0.05, 0) is 35.4 Å². The number of thioether (sulfide) groups is 1. The van der Waals surface area contributed by atoms with Crippen molar-refractivity contribution in [3.63, 3.8) is 0 Å². The van der Waals surface area contributed by atoms with Crippen molar-refractivity contribution in [2.45, 2.75) is 11.5 Å². The van der Waals surface area contributed by atoms with E-state index in [4.69, 9.17) is 4.74 Å². The normalized spacial score (nSPS) is 11.1. The van der Waals surface area contributed by atoms with E-state index in [0.29, 0.717) is 21.8 Å². The molecule has 0 aliphatic heterocycles. The maximum atomic E-state index is 13.2. The summed E-state index contributed by atoms with van der Waals surface area (Å²) in [5.41, 5.74) is 2.58. The third kappa shape index (κ3) is 3.95. The molecule has 2 heterocycles. The van der Waals surface area contributed by atoms with Crippen molar-refractivity contribution in [3.05, 3.63) is 81.5 Å². The largest absolute Gasteiger partial charge is 0.497 e. The first-order valence-electron chi connectivity index (χ1n) is 8.61. The van der Waals surface area contributed by atoms with E-state index in [0.717, 1.165) is 28.2 Å². The molecule has 1 N–H and O–H groups in total. The molecule has 2 aromatic carbocycles. The molecule has 0 unspecified atom stereocenters. The van der Waals surface area contributed by atoms with E-state index < -0.39 is 0 Å². The molecule has 142 valence electrons. The van der Waals surface area contributed by atoms with Crippen LogP contribution in [-0.4, -0.2) is 17.1 Å². The highest BCUT2D eigenvalue weighted by Crippen LogP contribution is 2.31. The Balaban J connectivity index is 1.53. The zero-order valence-electron chi connectivity index (χ0n) is 15.1. The topological polar surface area (TPSA) is 55.0 Å². The van der Waals surface area contributed by atoms with Crippen molar-refractivity contribution in [2.75, 3.05) is 7.11 Å². The summed E-state index contributed by atoms with van der Waals surface area (Å²) >= 11 is 3.10. The predicted octanol–water partition coefficient (Wildman–Crippen LogP) is 5.23. The third-order valence-electron chi connectivity index (χ3n) is 4.29. The molecule has 0 amide bonds. The molecule has 0 fully saturated rings. The van der Waals surface area contributed by atoms with Crippen LogP contribution in [0.25, 0.3) is 21.3 Å². The fourth-order valence-electron chi connectivity index (χ4n) is 2.93. The molecule has 4 aromatic rings. The fourth-order valence-corrected chi connectivity index (χ4v) is 4.75. The summed E-state index contributed by atoms with van der Waals surface area (Å²) in [5.74, 6) is 2.58. The molecular formula is C21H17FN2O2S2. The van der Waals surface area contributed by atoms with E-state index in [1.54, 1.807) is 31.0 Å². The number of benzene rings is 2. The second-order valence-electron chi connectivity index (χ2n) is 6.19. The van der Waals surface area contributed by atoms with Crippen LogP contribution in [-0.2, 0) is 11.5 Å².